The summed E-state index contributed by atoms with van der Waals surface area (Å²) in [5.41, 5.74) is 8.57. The first-order valence-electron chi connectivity index (χ1n) is 6.82. The first kappa shape index (κ1) is 12.2. The first-order chi connectivity index (χ1) is 9.33. The second kappa shape index (κ2) is 5.45. The number of nitrogens with one attached hydrogen (secondary N) is 1. The normalized spacial score (nSPS) is 18.8. The molecule has 100 valence electrons. The van der Waals surface area contributed by atoms with Crippen molar-refractivity contribution in [1.82, 2.24) is 4.98 Å². The highest BCUT2D eigenvalue weighted by Gasteiger charge is 2.14. The molecule has 19 heavy (non-hydrogen) atoms. The molecule has 1 aromatic heterocycles. The van der Waals surface area contributed by atoms with Crippen molar-refractivity contribution in [3.8, 4) is 0 Å². The molecule has 3 rings (SSSR count). The summed E-state index contributed by atoms with van der Waals surface area (Å²) < 4.78 is 5.63. The van der Waals surface area contributed by atoms with Gasteiger partial charge in [-0.25, -0.2) is 0 Å². The monoisotopic (exact) mass is 257 g/mol. The summed E-state index contributed by atoms with van der Waals surface area (Å²) >= 11 is 0. The highest BCUT2D eigenvalue weighted by Crippen LogP contribution is 2.23. The van der Waals surface area contributed by atoms with Crippen LogP contribution in [0.2, 0.25) is 0 Å². The largest absolute Gasteiger partial charge is 0.399 e. The van der Waals surface area contributed by atoms with E-state index in [-0.39, 0.29) is 0 Å². The number of anilines is 2. The topological polar surface area (TPSA) is 60.2 Å². The summed E-state index contributed by atoms with van der Waals surface area (Å²) in [5, 5.41) is 4.59. The molecule has 1 atom stereocenters. The standard InChI is InChI=1S/C15H19N3O/c16-11-3-4-13-14(6-8-18-15(13)10-11)17-7-5-12-2-1-9-19-12/h3-4,6,8,10,12H,1-2,5,7,9,16H2,(H,17,18). The van der Waals surface area contributed by atoms with Crippen molar-refractivity contribution < 1.29 is 4.74 Å². The molecule has 1 unspecified atom stereocenters. The van der Waals surface area contributed by atoms with Crippen LogP contribution in [-0.4, -0.2) is 24.2 Å². The third-order valence-corrected chi connectivity index (χ3v) is 3.57. The minimum atomic E-state index is 0.427. The van der Waals surface area contributed by atoms with Gasteiger partial charge in [0.1, 0.15) is 0 Å². The summed E-state index contributed by atoms with van der Waals surface area (Å²) in [7, 11) is 0. The number of hydrogen-bond acceptors (Lipinski definition) is 4. The molecule has 0 saturated carbocycles. The summed E-state index contributed by atoms with van der Waals surface area (Å²) in [4.78, 5) is 4.34. The molecule has 1 saturated heterocycles. The molecule has 0 bridgehead atoms. The minimum absolute atomic E-state index is 0.427. The molecule has 4 nitrogen and oxygen atoms in total. The Morgan fingerprint density at radius 1 is 1.37 bits per heavy atom. The Labute approximate surface area is 113 Å². The summed E-state index contributed by atoms with van der Waals surface area (Å²) in [5.74, 6) is 0. The van der Waals surface area contributed by atoms with Gasteiger partial charge >= 0.3 is 0 Å². The van der Waals surface area contributed by atoms with Gasteiger partial charge < -0.3 is 15.8 Å². The van der Waals surface area contributed by atoms with Crippen LogP contribution >= 0.6 is 0 Å². The smallest absolute Gasteiger partial charge is 0.0743 e. The Balaban J connectivity index is 1.70. The lowest BCUT2D eigenvalue weighted by molar-refractivity contribution is 0.107. The number of fused-ring (bicyclic) bond motifs is 1. The van der Waals surface area contributed by atoms with Crippen LogP contribution in [0.15, 0.2) is 30.5 Å². The van der Waals surface area contributed by atoms with Crippen LogP contribution in [0.1, 0.15) is 19.3 Å². The van der Waals surface area contributed by atoms with Crippen molar-refractivity contribution in [3.05, 3.63) is 30.5 Å². The second-order valence-corrected chi connectivity index (χ2v) is 4.99. The molecule has 4 heteroatoms. The highest BCUT2D eigenvalue weighted by atomic mass is 16.5. The lowest BCUT2D eigenvalue weighted by Crippen LogP contribution is -2.12. The molecule has 1 aliphatic rings. The number of pyridine rings is 1. The van der Waals surface area contributed by atoms with Crippen molar-refractivity contribution in [2.75, 3.05) is 24.2 Å². The van der Waals surface area contributed by atoms with Gasteiger partial charge in [0.15, 0.2) is 0 Å². The van der Waals surface area contributed by atoms with Crippen LogP contribution < -0.4 is 11.1 Å². The van der Waals surface area contributed by atoms with Crippen LogP contribution in [-0.2, 0) is 4.74 Å². The highest BCUT2D eigenvalue weighted by molar-refractivity contribution is 5.92. The fourth-order valence-electron chi connectivity index (χ4n) is 2.56. The molecule has 0 radical (unpaired) electrons. The van der Waals surface area contributed by atoms with Gasteiger partial charge in [-0.3, -0.25) is 4.98 Å². The molecule has 0 amide bonds. The van der Waals surface area contributed by atoms with Gasteiger partial charge in [-0.05, 0) is 43.5 Å². The Morgan fingerprint density at radius 2 is 2.32 bits per heavy atom. The van der Waals surface area contributed by atoms with E-state index < -0.39 is 0 Å². The van der Waals surface area contributed by atoms with Crippen LogP contribution in [0.3, 0.4) is 0 Å². The number of nitrogens with zero attached hydrogens (tertiary/aromatic N) is 1. The van der Waals surface area contributed by atoms with E-state index in [1.807, 2.05) is 30.5 Å². The lowest BCUT2D eigenvalue weighted by Gasteiger charge is -2.12. The predicted molar refractivity (Wildman–Crippen MR) is 78.2 cm³/mol. The quantitative estimate of drug-likeness (QED) is 0.827. The van der Waals surface area contributed by atoms with E-state index >= 15 is 0 Å². The molecular formula is C15H19N3O. The summed E-state index contributed by atoms with van der Waals surface area (Å²) in [6, 6.07) is 7.84. The van der Waals surface area contributed by atoms with E-state index in [1.165, 1.54) is 12.8 Å². The van der Waals surface area contributed by atoms with Crippen LogP contribution in [0, 0.1) is 0 Å². The second-order valence-electron chi connectivity index (χ2n) is 4.99. The average Bonchev–Trinajstić information content (AvgIpc) is 2.92. The number of nitrogens with two attached hydrogens (primary N) is 1. The number of rotatable bonds is 4. The van der Waals surface area contributed by atoms with E-state index in [4.69, 9.17) is 10.5 Å². The fraction of sp³-hybridized carbons (Fsp3) is 0.400. The van der Waals surface area contributed by atoms with Gasteiger partial charge in [0.05, 0.1) is 11.6 Å². The maximum absolute atomic E-state index is 5.78. The number of benzene rings is 1. The molecule has 2 heterocycles. The van der Waals surface area contributed by atoms with Gasteiger partial charge in [0.2, 0.25) is 0 Å². The van der Waals surface area contributed by atoms with Gasteiger partial charge in [-0.2, -0.15) is 0 Å². The van der Waals surface area contributed by atoms with Crippen LogP contribution in [0.5, 0.6) is 0 Å². The molecule has 1 fully saturated rings. The third-order valence-electron chi connectivity index (χ3n) is 3.57. The maximum Gasteiger partial charge on any atom is 0.0743 e. The molecule has 3 N–H and O–H groups in total. The minimum Gasteiger partial charge on any atom is -0.399 e. The van der Waals surface area contributed by atoms with Gasteiger partial charge in [-0.15, -0.1) is 0 Å². The summed E-state index contributed by atoms with van der Waals surface area (Å²) in [6.07, 6.45) is 5.68. The van der Waals surface area contributed by atoms with E-state index in [0.29, 0.717) is 6.10 Å². The Bertz CT molecular complexity index is 564. The Hall–Kier alpha value is -1.81. The number of ether oxygens (including phenoxy) is 1. The molecule has 1 aliphatic heterocycles. The predicted octanol–water partition coefficient (Wildman–Crippen LogP) is 2.80. The van der Waals surface area contributed by atoms with Crippen molar-refractivity contribution in [2.24, 2.45) is 0 Å². The zero-order valence-electron chi connectivity index (χ0n) is 10.9. The number of hydrogen-bond donors (Lipinski definition) is 2. The van der Waals surface area contributed by atoms with E-state index in [1.54, 1.807) is 0 Å². The van der Waals surface area contributed by atoms with Crippen LogP contribution in [0.4, 0.5) is 11.4 Å². The van der Waals surface area contributed by atoms with Crippen LogP contribution in [0.25, 0.3) is 10.9 Å². The number of nitrogen functional groups attached to an aromatic ring is 1. The molecular weight excluding hydrogens is 238 g/mol. The van der Waals surface area contributed by atoms with Gasteiger partial charge in [-0.1, -0.05) is 0 Å². The van der Waals surface area contributed by atoms with Gasteiger partial charge in [0.25, 0.3) is 0 Å². The van der Waals surface area contributed by atoms with E-state index in [2.05, 4.69) is 10.3 Å². The van der Waals surface area contributed by atoms with E-state index in [9.17, 15) is 0 Å². The molecule has 1 aromatic carbocycles. The Morgan fingerprint density at radius 3 is 3.16 bits per heavy atom. The van der Waals surface area contributed by atoms with Crippen molar-refractivity contribution in [1.29, 1.82) is 0 Å². The van der Waals surface area contributed by atoms with Gasteiger partial charge in [0, 0.05) is 36.1 Å². The average molecular weight is 257 g/mol. The Kier molecular flexibility index (Phi) is 3.51. The number of aromatic nitrogens is 1. The zero-order valence-corrected chi connectivity index (χ0v) is 10.9. The molecule has 0 spiro atoms. The van der Waals surface area contributed by atoms with Crippen molar-refractivity contribution in [3.63, 3.8) is 0 Å². The third kappa shape index (κ3) is 2.79. The molecule has 2 aromatic rings. The van der Waals surface area contributed by atoms with Crippen molar-refractivity contribution in [2.45, 2.75) is 25.4 Å². The summed E-state index contributed by atoms with van der Waals surface area (Å²) in [6.45, 7) is 1.84. The SMILES string of the molecule is Nc1ccc2c(NCCC3CCCO3)ccnc2c1. The van der Waals surface area contributed by atoms with E-state index in [0.717, 1.165) is 41.9 Å². The lowest BCUT2D eigenvalue weighted by atomic mass is 10.1. The first-order valence-corrected chi connectivity index (χ1v) is 6.82. The zero-order chi connectivity index (χ0) is 13.1. The fourth-order valence-corrected chi connectivity index (χ4v) is 2.56. The van der Waals surface area contributed by atoms with Crippen molar-refractivity contribution >= 4 is 22.3 Å². The maximum atomic E-state index is 5.78. The molecule has 0 aliphatic carbocycles.